The number of methoxy groups -OCH3 is 1. The summed E-state index contributed by atoms with van der Waals surface area (Å²) in [6.07, 6.45) is -0.00370. The van der Waals surface area contributed by atoms with E-state index in [1.54, 1.807) is 24.3 Å². The van der Waals surface area contributed by atoms with E-state index in [2.05, 4.69) is 5.32 Å². The average Bonchev–Trinajstić information content (AvgIpc) is 3.06. The molecule has 1 aliphatic rings. The molecule has 0 saturated carbocycles. The van der Waals surface area contributed by atoms with Gasteiger partial charge in [0, 0.05) is 18.7 Å². The minimum absolute atomic E-state index is 0.00370. The lowest BCUT2D eigenvalue weighted by atomic mass is 10.1. The number of amides is 2. The number of para-hydroxylation sites is 1. The van der Waals surface area contributed by atoms with Crippen LogP contribution in [0.3, 0.4) is 0 Å². The van der Waals surface area contributed by atoms with Crippen LogP contribution >= 0.6 is 11.6 Å². The highest BCUT2D eigenvalue weighted by molar-refractivity contribution is 6.31. The molecule has 0 radical (unpaired) electrons. The van der Waals surface area contributed by atoms with Crippen LogP contribution in [0.2, 0.25) is 5.02 Å². The molecule has 0 spiro atoms. The number of hydrogen-bond donors (Lipinski definition) is 1. The number of anilines is 2. The smallest absolute Gasteiger partial charge is 0.339 e. The first kappa shape index (κ1) is 18.8. The van der Waals surface area contributed by atoms with E-state index in [0.29, 0.717) is 11.4 Å². The van der Waals surface area contributed by atoms with E-state index in [4.69, 9.17) is 16.3 Å². The van der Waals surface area contributed by atoms with Gasteiger partial charge < -0.3 is 15.0 Å². The Morgan fingerprint density at radius 3 is 2.70 bits per heavy atom. The molecular weight excluding hydrogens is 375 g/mol. The third-order valence-corrected chi connectivity index (χ3v) is 4.57. The van der Waals surface area contributed by atoms with Crippen LogP contribution in [0.1, 0.15) is 16.8 Å². The second-order valence-corrected chi connectivity index (χ2v) is 6.44. The van der Waals surface area contributed by atoms with Crippen molar-refractivity contribution in [2.75, 3.05) is 23.9 Å². The van der Waals surface area contributed by atoms with Crippen LogP contribution in [0.25, 0.3) is 0 Å². The lowest BCUT2D eigenvalue weighted by molar-refractivity contribution is -0.122. The first-order chi connectivity index (χ1) is 12.9. The van der Waals surface area contributed by atoms with Crippen LogP contribution in [-0.4, -0.2) is 31.4 Å². The fourth-order valence-corrected chi connectivity index (χ4v) is 3.11. The van der Waals surface area contributed by atoms with E-state index in [0.717, 1.165) is 6.07 Å². The van der Waals surface area contributed by atoms with Crippen molar-refractivity contribution >= 4 is 40.8 Å². The van der Waals surface area contributed by atoms with Gasteiger partial charge in [-0.2, -0.15) is 0 Å². The van der Waals surface area contributed by atoms with Crippen molar-refractivity contribution in [3.05, 3.63) is 58.9 Å². The molecule has 0 aliphatic carbocycles. The quantitative estimate of drug-likeness (QED) is 0.813. The molecule has 27 heavy (non-hydrogen) atoms. The summed E-state index contributed by atoms with van der Waals surface area (Å²) >= 11 is 5.71. The molecule has 8 heteroatoms. The largest absolute Gasteiger partial charge is 0.465 e. The van der Waals surface area contributed by atoms with Crippen molar-refractivity contribution in [1.29, 1.82) is 0 Å². The second-order valence-electron chi connectivity index (χ2n) is 6.03. The number of halogens is 2. The van der Waals surface area contributed by atoms with Gasteiger partial charge in [-0.3, -0.25) is 9.59 Å². The Morgan fingerprint density at radius 2 is 2.00 bits per heavy atom. The number of hydrogen-bond acceptors (Lipinski definition) is 4. The standard InChI is InChI=1S/C19H16ClFN2O4/c1-27-19(26)13-4-2-3-5-16(13)23-10-11(8-17(23)24)18(25)22-12-6-7-15(21)14(20)9-12/h2-7,9,11H,8,10H2,1H3,(H,22,25). The Balaban J connectivity index is 1.76. The predicted molar refractivity (Wildman–Crippen MR) is 98.3 cm³/mol. The zero-order valence-electron chi connectivity index (χ0n) is 14.4. The van der Waals surface area contributed by atoms with Gasteiger partial charge in [0.15, 0.2) is 0 Å². The molecule has 0 aromatic heterocycles. The van der Waals surface area contributed by atoms with Gasteiger partial charge in [0.05, 0.1) is 29.3 Å². The number of nitrogens with zero attached hydrogens (tertiary/aromatic N) is 1. The van der Waals surface area contributed by atoms with Gasteiger partial charge in [-0.15, -0.1) is 0 Å². The summed E-state index contributed by atoms with van der Waals surface area (Å²) in [6.45, 7) is 0.119. The van der Waals surface area contributed by atoms with Crippen LogP contribution < -0.4 is 10.2 Å². The third-order valence-electron chi connectivity index (χ3n) is 4.28. The molecule has 1 saturated heterocycles. The normalized spacial score (nSPS) is 16.3. The number of carbonyl (C=O) groups excluding carboxylic acids is 3. The summed E-state index contributed by atoms with van der Waals surface area (Å²) in [5, 5.41) is 2.52. The first-order valence-electron chi connectivity index (χ1n) is 8.14. The van der Waals surface area contributed by atoms with Crippen molar-refractivity contribution in [2.24, 2.45) is 5.92 Å². The zero-order chi connectivity index (χ0) is 19.6. The summed E-state index contributed by atoms with van der Waals surface area (Å²) in [5.41, 5.74) is 0.987. The molecule has 1 unspecified atom stereocenters. The molecule has 140 valence electrons. The molecule has 6 nitrogen and oxygen atoms in total. The zero-order valence-corrected chi connectivity index (χ0v) is 15.1. The Hall–Kier alpha value is -2.93. The Labute approximate surface area is 159 Å². The molecule has 2 amide bonds. The lowest BCUT2D eigenvalue weighted by Crippen LogP contribution is -2.29. The molecule has 1 aliphatic heterocycles. The van der Waals surface area contributed by atoms with Crippen LogP contribution in [0, 0.1) is 11.7 Å². The fraction of sp³-hybridized carbons (Fsp3) is 0.211. The Morgan fingerprint density at radius 1 is 1.26 bits per heavy atom. The van der Waals surface area contributed by atoms with E-state index < -0.39 is 17.7 Å². The molecule has 1 N–H and O–H groups in total. The number of nitrogens with one attached hydrogen (secondary N) is 1. The van der Waals surface area contributed by atoms with Crippen LogP contribution in [-0.2, 0) is 14.3 Å². The molecule has 2 aromatic rings. The highest BCUT2D eigenvalue weighted by atomic mass is 35.5. The summed E-state index contributed by atoms with van der Waals surface area (Å²) < 4.78 is 18.0. The van der Waals surface area contributed by atoms with Crippen molar-refractivity contribution < 1.29 is 23.5 Å². The minimum atomic E-state index is -0.618. The van der Waals surface area contributed by atoms with Crippen LogP contribution in [0.15, 0.2) is 42.5 Å². The highest BCUT2D eigenvalue weighted by Gasteiger charge is 2.36. The van der Waals surface area contributed by atoms with Gasteiger partial charge in [-0.05, 0) is 30.3 Å². The van der Waals surface area contributed by atoms with Crippen LogP contribution in [0.5, 0.6) is 0 Å². The Bertz CT molecular complexity index is 918. The topological polar surface area (TPSA) is 75.7 Å². The molecule has 2 aromatic carbocycles. The molecule has 3 rings (SSSR count). The number of rotatable bonds is 4. The Kier molecular flexibility index (Phi) is 5.41. The molecule has 1 heterocycles. The summed E-state index contributed by atoms with van der Waals surface area (Å²) in [4.78, 5) is 38.2. The van der Waals surface area contributed by atoms with Gasteiger partial charge in [-0.1, -0.05) is 23.7 Å². The maximum atomic E-state index is 13.2. The number of carbonyl (C=O) groups is 3. The van der Waals surface area contributed by atoms with E-state index in [9.17, 15) is 18.8 Å². The van der Waals surface area contributed by atoms with Gasteiger partial charge in [0.1, 0.15) is 5.82 Å². The number of ether oxygens (including phenoxy) is 1. The molecular formula is C19H16ClFN2O4. The van der Waals surface area contributed by atoms with Crippen molar-refractivity contribution in [1.82, 2.24) is 0 Å². The van der Waals surface area contributed by atoms with Crippen molar-refractivity contribution in [2.45, 2.75) is 6.42 Å². The first-order valence-corrected chi connectivity index (χ1v) is 8.52. The minimum Gasteiger partial charge on any atom is -0.465 e. The van der Waals surface area contributed by atoms with E-state index >= 15 is 0 Å². The monoisotopic (exact) mass is 390 g/mol. The maximum Gasteiger partial charge on any atom is 0.339 e. The van der Waals surface area contributed by atoms with Gasteiger partial charge in [0.2, 0.25) is 11.8 Å². The summed E-state index contributed by atoms with van der Waals surface area (Å²) in [6, 6.07) is 10.4. The van der Waals surface area contributed by atoms with Crippen molar-refractivity contribution in [3.8, 4) is 0 Å². The molecule has 1 atom stereocenters. The second kappa shape index (κ2) is 7.75. The number of esters is 1. The van der Waals surface area contributed by atoms with Gasteiger partial charge in [0.25, 0.3) is 0 Å². The van der Waals surface area contributed by atoms with E-state index in [1.165, 1.54) is 24.1 Å². The summed E-state index contributed by atoms with van der Waals surface area (Å²) in [5.74, 6) is -2.43. The van der Waals surface area contributed by atoms with Crippen LogP contribution in [0.4, 0.5) is 15.8 Å². The maximum absolute atomic E-state index is 13.2. The van der Waals surface area contributed by atoms with E-state index in [1.807, 2.05) is 0 Å². The van der Waals surface area contributed by atoms with Crippen molar-refractivity contribution in [3.63, 3.8) is 0 Å². The van der Waals surface area contributed by atoms with Gasteiger partial charge in [-0.25, -0.2) is 9.18 Å². The average molecular weight is 391 g/mol. The third kappa shape index (κ3) is 3.93. The summed E-state index contributed by atoms with van der Waals surface area (Å²) in [7, 11) is 1.26. The lowest BCUT2D eigenvalue weighted by Gasteiger charge is -2.19. The molecule has 1 fully saturated rings. The highest BCUT2D eigenvalue weighted by Crippen LogP contribution is 2.29. The predicted octanol–water partition coefficient (Wildman–Crippen LogP) is 3.26. The van der Waals surface area contributed by atoms with E-state index in [-0.39, 0.29) is 35.4 Å². The SMILES string of the molecule is COC(=O)c1ccccc1N1CC(C(=O)Nc2ccc(F)c(Cl)c2)CC1=O. The fourth-order valence-electron chi connectivity index (χ4n) is 2.93. The molecule has 0 bridgehead atoms. The number of benzene rings is 2. The van der Waals surface area contributed by atoms with Gasteiger partial charge >= 0.3 is 5.97 Å².